The molecule has 2 aliphatic heterocycles. The number of amides is 2. The fraction of sp³-hybridized carbons (Fsp3) is 0.130. The van der Waals surface area contributed by atoms with E-state index in [1.54, 1.807) is 60.7 Å². The summed E-state index contributed by atoms with van der Waals surface area (Å²) in [5.74, 6) is -1.90. The topological polar surface area (TPSA) is 93.0 Å². The minimum atomic E-state index is -1.08. The molecule has 2 fully saturated rings. The predicted molar refractivity (Wildman–Crippen MR) is 117 cm³/mol. The van der Waals surface area contributed by atoms with Gasteiger partial charge in [-0.3, -0.25) is 24.5 Å². The van der Waals surface area contributed by atoms with E-state index in [4.69, 9.17) is 16.4 Å². The van der Waals surface area contributed by atoms with Crippen LogP contribution in [-0.2, 0) is 14.4 Å². The van der Waals surface area contributed by atoms with Crippen molar-refractivity contribution < 1.29 is 19.3 Å². The Kier molecular flexibility index (Phi) is 4.88. The van der Waals surface area contributed by atoms with Crippen LogP contribution in [0.2, 0.25) is 5.02 Å². The number of hydroxylamine groups is 1. The van der Waals surface area contributed by atoms with Crippen LogP contribution in [-0.4, -0.2) is 22.8 Å². The number of para-hydroxylation sites is 2. The fourth-order valence-electron chi connectivity index (χ4n) is 4.25. The molecule has 0 spiro atoms. The fourth-order valence-corrected chi connectivity index (χ4v) is 4.47. The number of hydrogen-bond acceptors (Lipinski definition) is 6. The first-order valence-electron chi connectivity index (χ1n) is 9.85. The Balaban J connectivity index is 1.62. The van der Waals surface area contributed by atoms with Crippen LogP contribution in [0, 0.1) is 16.0 Å². The van der Waals surface area contributed by atoms with E-state index >= 15 is 0 Å². The zero-order valence-corrected chi connectivity index (χ0v) is 17.3. The molecule has 0 aliphatic carbocycles. The van der Waals surface area contributed by atoms with Crippen LogP contribution in [0.25, 0.3) is 0 Å². The number of anilines is 2. The SMILES string of the molecule is O=C1C2ON(c3ccccc3)C(c3cccc([N+](=O)[O-])c3)C2C(=O)N1c1ccccc1Cl. The predicted octanol–water partition coefficient (Wildman–Crippen LogP) is 4.30. The van der Waals surface area contributed by atoms with Gasteiger partial charge in [0.1, 0.15) is 5.92 Å². The van der Waals surface area contributed by atoms with E-state index in [9.17, 15) is 19.7 Å². The smallest absolute Gasteiger partial charge is 0.269 e. The van der Waals surface area contributed by atoms with E-state index in [1.807, 2.05) is 6.07 Å². The van der Waals surface area contributed by atoms with Gasteiger partial charge in [-0.2, -0.15) is 0 Å². The molecular formula is C23H16ClN3O5. The van der Waals surface area contributed by atoms with Gasteiger partial charge in [-0.15, -0.1) is 0 Å². The zero-order valence-electron chi connectivity index (χ0n) is 16.5. The highest BCUT2D eigenvalue weighted by Gasteiger charge is 2.60. The summed E-state index contributed by atoms with van der Waals surface area (Å²) in [5.41, 5.74) is 1.30. The van der Waals surface area contributed by atoms with Crippen molar-refractivity contribution in [1.82, 2.24) is 0 Å². The van der Waals surface area contributed by atoms with E-state index in [1.165, 1.54) is 17.2 Å². The quantitative estimate of drug-likeness (QED) is 0.335. The number of hydrogen-bond donors (Lipinski definition) is 0. The average Bonchev–Trinajstić information content (AvgIpc) is 3.31. The molecule has 0 radical (unpaired) electrons. The lowest BCUT2D eigenvalue weighted by atomic mass is 9.90. The van der Waals surface area contributed by atoms with Crippen LogP contribution in [0.15, 0.2) is 78.9 Å². The molecule has 2 amide bonds. The van der Waals surface area contributed by atoms with Crippen LogP contribution >= 0.6 is 11.6 Å². The van der Waals surface area contributed by atoms with Gasteiger partial charge in [0.15, 0.2) is 6.10 Å². The molecule has 3 unspecified atom stereocenters. The molecule has 2 saturated heterocycles. The van der Waals surface area contributed by atoms with Crippen LogP contribution in [0.1, 0.15) is 11.6 Å². The number of nitro groups is 1. The lowest BCUT2D eigenvalue weighted by Gasteiger charge is -2.28. The Morgan fingerprint density at radius 3 is 2.34 bits per heavy atom. The monoisotopic (exact) mass is 449 g/mol. The summed E-state index contributed by atoms with van der Waals surface area (Å²) in [6.45, 7) is 0. The van der Waals surface area contributed by atoms with E-state index < -0.39 is 34.8 Å². The third kappa shape index (κ3) is 3.12. The third-order valence-electron chi connectivity index (χ3n) is 5.64. The summed E-state index contributed by atoms with van der Waals surface area (Å²) < 4.78 is 0. The minimum absolute atomic E-state index is 0.112. The first-order valence-corrected chi connectivity index (χ1v) is 10.2. The number of nitrogens with zero attached hydrogens (tertiary/aromatic N) is 3. The maximum Gasteiger partial charge on any atom is 0.269 e. The Morgan fingerprint density at radius 1 is 0.906 bits per heavy atom. The van der Waals surface area contributed by atoms with Crippen molar-refractivity contribution in [3.63, 3.8) is 0 Å². The number of benzene rings is 3. The number of carbonyl (C=O) groups is 2. The Labute approximate surface area is 187 Å². The number of imide groups is 1. The molecule has 160 valence electrons. The second-order valence-electron chi connectivity index (χ2n) is 7.47. The largest absolute Gasteiger partial charge is 0.273 e. The summed E-state index contributed by atoms with van der Waals surface area (Å²) >= 11 is 6.25. The van der Waals surface area contributed by atoms with Crippen molar-refractivity contribution in [3.8, 4) is 0 Å². The summed E-state index contributed by atoms with van der Waals surface area (Å²) in [7, 11) is 0. The van der Waals surface area contributed by atoms with E-state index in [0.29, 0.717) is 11.3 Å². The molecular weight excluding hydrogens is 434 g/mol. The van der Waals surface area contributed by atoms with Crippen molar-refractivity contribution in [3.05, 3.63) is 99.6 Å². The highest BCUT2D eigenvalue weighted by atomic mass is 35.5. The number of fused-ring (bicyclic) bond motifs is 1. The summed E-state index contributed by atoms with van der Waals surface area (Å²) in [5, 5.41) is 13.1. The second-order valence-corrected chi connectivity index (χ2v) is 7.88. The molecule has 5 rings (SSSR count). The number of non-ortho nitro benzene ring substituents is 1. The number of halogens is 1. The highest BCUT2D eigenvalue weighted by Crippen LogP contribution is 2.48. The Bertz CT molecular complexity index is 1240. The molecule has 3 aromatic rings. The summed E-state index contributed by atoms with van der Waals surface area (Å²) in [4.78, 5) is 44.7. The molecule has 0 saturated carbocycles. The van der Waals surface area contributed by atoms with Gasteiger partial charge in [0.2, 0.25) is 5.91 Å². The lowest BCUT2D eigenvalue weighted by molar-refractivity contribution is -0.384. The molecule has 0 N–H and O–H groups in total. The van der Waals surface area contributed by atoms with Crippen molar-refractivity contribution >= 4 is 40.5 Å². The number of carbonyl (C=O) groups excluding carboxylic acids is 2. The maximum atomic E-state index is 13.5. The van der Waals surface area contributed by atoms with Crippen LogP contribution in [0.5, 0.6) is 0 Å². The maximum absolute atomic E-state index is 13.5. The molecule has 2 heterocycles. The number of nitro benzene ring substituents is 1. The summed E-state index contributed by atoms with van der Waals surface area (Å²) in [6, 6.07) is 20.9. The first kappa shape index (κ1) is 20.2. The molecule has 3 aromatic carbocycles. The van der Waals surface area contributed by atoms with Crippen molar-refractivity contribution in [2.45, 2.75) is 12.1 Å². The Hall–Kier alpha value is -3.75. The second kappa shape index (κ2) is 7.74. The molecule has 2 aliphatic rings. The Morgan fingerprint density at radius 2 is 1.62 bits per heavy atom. The van der Waals surface area contributed by atoms with E-state index in [-0.39, 0.29) is 16.4 Å². The van der Waals surface area contributed by atoms with Crippen LogP contribution < -0.4 is 9.96 Å². The molecule has 32 heavy (non-hydrogen) atoms. The molecule has 8 nitrogen and oxygen atoms in total. The standard InChI is InChI=1S/C23H16ClN3O5/c24-17-11-4-5-12-18(17)25-22(28)19-20(14-7-6-10-16(13-14)27(30)31)26(32-21(19)23(25)29)15-8-2-1-3-9-15/h1-13,19-21H. The van der Waals surface area contributed by atoms with Crippen molar-refractivity contribution in [2.24, 2.45) is 5.92 Å². The zero-order chi connectivity index (χ0) is 22.4. The van der Waals surface area contributed by atoms with Gasteiger partial charge in [-0.25, -0.2) is 9.96 Å². The van der Waals surface area contributed by atoms with Gasteiger partial charge in [0, 0.05) is 12.1 Å². The molecule has 0 aromatic heterocycles. The van der Waals surface area contributed by atoms with Crippen molar-refractivity contribution in [1.29, 1.82) is 0 Å². The first-order chi connectivity index (χ1) is 15.5. The van der Waals surface area contributed by atoms with Gasteiger partial charge >= 0.3 is 0 Å². The van der Waals surface area contributed by atoms with Gasteiger partial charge < -0.3 is 0 Å². The lowest BCUT2D eigenvalue weighted by Crippen LogP contribution is -2.37. The van der Waals surface area contributed by atoms with Crippen LogP contribution in [0.3, 0.4) is 0 Å². The molecule has 0 bridgehead atoms. The van der Waals surface area contributed by atoms with E-state index in [0.717, 1.165) is 4.90 Å². The van der Waals surface area contributed by atoms with Crippen molar-refractivity contribution in [2.75, 3.05) is 9.96 Å². The summed E-state index contributed by atoms with van der Waals surface area (Å²) in [6.07, 6.45) is -1.08. The molecule has 3 atom stereocenters. The average molecular weight is 450 g/mol. The normalized spacial score (nSPS) is 22.3. The third-order valence-corrected chi connectivity index (χ3v) is 5.96. The number of rotatable bonds is 4. The van der Waals surface area contributed by atoms with Gasteiger partial charge in [-0.05, 0) is 29.8 Å². The minimum Gasteiger partial charge on any atom is -0.273 e. The van der Waals surface area contributed by atoms with Gasteiger partial charge in [0.05, 0.1) is 27.4 Å². The van der Waals surface area contributed by atoms with Gasteiger partial charge in [0.25, 0.3) is 11.6 Å². The van der Waals surface area contributed by atoms with E-state index in [2.05, 4.69) is 0 Å². The highest BCUT2D eigenvalue weighted by molar-refractivity contribution is 6.36. The van der Waals surface area contributed by atoms with Gasteiger partial charge in [-0.1, -0.05) is 54.1 Å². The van der Waals surface area contributed by atoms with Crippen LogP contribution in [0.4, 0.5) is 17.1 Å². The molecule has 9 heteroatoms.